The number of amides is 1. The van der Waals surface area contributed by atoms with Gasteiger partial charge in [0.25, 0.3) is 0 Å². The van der Waals surface area contributed by atoms with Gasteiger partial charge < -0.3 is 10.6 Å². The Hall–Kier alpha value is -2.11. The standard InChI is InChI=1S/C13H17N5O/c1-9-15-11-3-2-4-12(18(11)16-9)17-7-5-10(6-8-17)13(14)19/h2-4,10H,5-8H2,1H3,(H2,14,19). The second kappa shape index (κ2) is 4.53. The third-order valence-electron chi connectivity index (χ3n) is 3.67. The van der Waals surface area contributed by atoms with Gasteiger partial charge in [0.1, 0.15) is 11.6 Å². The molecule has 3 rings (SSSR count). The van der Waals surface area contributed by atoms with Crippen LogP contribution in [0.2, 0.25) is 0 Å². The van der Waals surface area contributed by atoms with Gasteiger partial charge in [0, 0.05) is 19.0 Å². The van der Waals surface area contributed by atoms with E-state index in [0.717, 1.165) is 43.2 Å². The van der Waals surface area contributed by atoms with Crippen LogP contribution in [0.15, 0.2) is 18.2 Å². The lowest BCUT2D eigenvalue weighted by Gasteiger charge is -2.32. The van der Waals surface area contributed by atoms with Crippen molar-refractivity contribution in [2.45, 2.75) is 19.8 Å². The Kier molecular flexibility index (Phi) is 2.85. The molecule has 1 aliphatic rings. The molecule has 2 aromatic heterocycles. The predicted octanol–water partition coefficient (Wildman–Crippen LogP) is 0.739. The van der Waals surface area contributed by atoms with Gasteiger partial charge in [-0.1, -0.05) is 6.07 Å². The summed E-state index contributed by atoms with van der Waals surface area (Å²) in [5, 5.41) is 4.41. The SMILES string of the molecule is Cc1nc2cccc(N3CCC(C(N)=O)CC3)n2n1. The van der Waals surface area contributed by atoms with E-state index in [2.05, 4.69) is 15.0 Å². The Morgan fingerprint density at radius 2 is 2.11 bits per heavy atom. The average Bonchev–Trinajstić information content (AvgIpc) is 2.78. The molecule has 0 radical (unpaired) electrons. The zero-order valence-corrected chi connectivity index (χ0v) is 10.9. The number of carbonyl (C=O) groups excluding carboxylic acids is 1. The van der Waals surface area contributed by atoms with Crippen LogP contribution >= 0.6 is 0 Å². The molecule has 3 heterocycles. The number of carbonyl (C=O) groups is 1. The van der Waals surface area contributed by atoms with Gasteiger partial charge in [0.05, 0.1) is 0 Å². The second-order valence-corrected chi connectivity index (χ2v) is 4.98. The molecule has 19 heavy (non-hydrogen) atoms. The number of nitrogens with zero attached hydrogens (tertiary/aromatic N) is 4. The number of fused-ring (bicyclic) bond motifs is 1. The number of aromatic nitrogens is 3. The van der Waals surface area contributed by atoms with E-state index < -0.39 is 0 Å². The smallest absolute Gasteiger partial charge is 0.220 e. The molecule has 2 N–H and O–H groups in total. The summed E-state index contributed by atoms with van der Waals surface area (Å²) in [4.78, 5) is 17.8. The zero-order chi connectivity index (χ0) is 13.4. The molecule has 100 valence electrons. The van der Waals surface area contributed by atoms with Crippen molar-refractivity contribution >= 4 is 17.4 Å². The van der Waals surface area contributed by atoms with Gasteiger partial charge in [0.2, 0.25) is 5.91 Å². The van der Waals surface area contributed by atoms with Crippen LogP contribution in [-0.2, 0) is 4.79 Å². The van der Waals surface area contributed by atoms with Gasteiger partial charge in [-0.3, -0.25) is 4.79 Å². The summed E-state index contributed by atoms with van der Waals surface area (Å²) in [6.45, 7) is 3.54. The lowest BCUT2D eigenvalue weighted by atomic mass is 9.96. The van der Waals surface area contributed by atoms with Crippen molar-refractivity contribution in [3.63, 3.8) is 0 Å². The van der Waals surface area contributed by atoms with E-state index in [0.29, 0.717) is 0 Å². The van der Waals surface area contributed by atoms with Gasteiger partial charge >= 0.3 is 0 Å². The topological polar surface area (TPSA) is 76.5 Å². The van der Waals surface area contributed by atoms with Crippen LogP contribution < -0.4 is 10.6 Å². The molecule has 0 atom stereocenters. The first-order valence-corrected chi connectivity index (χ1v) is 6.52. The highest BCUT2D eigenvalue weighted by molar-refractivity contribution is 5.77. The summed E-state index contributed by atoms with van der Waals surface area (Å²) < 4.78 is 1.86. The summed E-state index contributed by atoms with van der Waals surface area (Å²) in [5.41, 5.74) is 6.21. The zero-order valence-electron chi connectivity index (χ0n) is 10.9. The molecule has 0 aliphatic carbocycles. The number of hydrogen-bond acceptors (Lipinski definition) is 4. The van der Waals surface area contributed by atoms with Crippen molar-refractivity contribution in [2.75, 3.05) is 18.0 Å². The Labute approximate surface area is 111 Å². The van der Waals surface area contributed by atoms with E-state index in [9.17, 15) is 4.79 Å². The largest absolute Gasteiger partial charge is 0.369 e. The van der Waals surface area contributed by atoms with E-state index >= 15 is 0 Å². The number of hydrogen-bond donors (Lipinski definition) is 1. The molecule has 2 aromatic rings. The van der Waals surface area contributed by atoms with E-state index in [4.69, 9.17) is 5.73 Å². The van der Waals surface area contributed by atoms with E-state index in [1.165, 1.54) is 0 Å². The molecular formula is C13H17N5O. The first-order valence-electron chi connectivity index (χ1n) is 6.52. The molecule has 0 bridgehead atoms. The van der Waals surface area contributed by atoms with Crippen molar-refractivity contribution in [3.8, 4) is 0 Å². The summed E-state index contributed by atoms with van der Waals surface area (Å²) in [7, 11) is 0. The first kappa shape index (κ1) is 12.0. The van der Waals surface area contributed by atoms with Gasteiger partial charge in [-0.05, 0) is 31.9 Å². The fourth-order valence-corrected chi connectivity index (χ4v) is 2.63. The molecule has 1 amide bonds. The normalized spacial score (nSPS) is 17.0. The minimum Gasteiger partial charge on any atom is -0.369 e. The first-order chi connectivity index (χ1) is 9.15. The fourth-order valence-electron chi connectivity index (χ4n) is 2.63. The molecule has 6 nitrogen and oxygen atoms in total. The Morgan fingerprint density at radius 1 is 1.37 bits per heavy atom. The minimum absolute atomic E-state index is 0.00735. The minimum atomic E-state index is -0.186. The number of anilines is 1. The van der Waals surface area contributed by atoms with Gasteiger partial charge in [-0.2, -0.15) is 4.52 Å². The molecule has 0 saturated carbocycles. The number of aryl methyl sites for hydroxylation is 1. The van der Waals surface area contributed by atoms with Crippen LogP contribution in [0.1, 0.15) is 18.7 Å². The van der Waals surface area contributed by atoms with Crippen molar-refractivity contribution in [1.29, 1.82) is 0 Å². The highest BCUT2D eigenvalue weighted by Gasteiger charge is 2.24. The van der Waals surface area contributed by atoms with Crippen LogP contribution in [0.25, 0.3) is 5.65 Å². The third-order valence-corrected chi connectivity index (χ3v) is 3.67. The van der Waals surface area contributed by atoms with Crippen LogP contribution in [0.5, 0.6) is 0 Å². The maximum atomic E-state index is 11.2. The fraction of sp³-hybridized carbons (Fsp3) is 0.462. The lowest BCUT2D eigenvalue weighted by molar-refractivity contribution is -0.122. The molecule has 1 aliphatic heterocycles. The number of nitrogens with two attached hydrogens (primary N) is 1. The summed E-state index contributed by atoms with van der Waals surface area (Å²) >= 11 is 0. The highest BCUT2D eigenvalue weighted by Crippen LogP contribution is 2.23. The van der Waals surface area contributed by atoms with Crippen LogP contribution in [0.3, 0.4) is 0 Å². The van der Waals surface area contributed by atoms with E-state index in [1.807, 2.05) is 29.6 Å². The average molecular weight is 259 g/mol. The number of primary amides is 1. The molecule has 0 unspecified atom stereocenters. The number of pyridine rings is 1. The quantitative estimate of drug-likeness (QED) is 0.863. The molecule has 6 heteroatoms. The van der Waals surface area contributed by atoms with E-state index in [1.54, 1.807) is 0 Å². The molecule has 1 saturated heterocycles. The maximum Gasteiger partial charge on any atom is 0.220 e. The van der Waals surface area contributed by atoms with Crippen LogP contribution in [0, 0.1) is 12.8 Å². The van der Waals surface area contributed by atoms with Crippen molar-refractivity contribution < 1.29 is 4.79 Å². The third kappa shape index (κ3) is 2.14. The lowest BCUT2D eigenvalue weighted by Crippen LogP contribution is -2.39. The van der Waals surface area contributed by atoms with Crippen molar-refractivity contribution in [1.82, 2.24) is 14.6 Å². The Morgan fingerprint density at radius 3 is 2.79 bits per heavy atom. The van der Waals surface area contributed by atoms with Crippen LogP contribution in [0.4, 0.5) is 5.82 Å². The van der Waals surface area contributed by atoms with Gasteiger partial charge in [-0.25, -0.2) is 4.98 Å². The molecule has 1 fully saturated rings. The van der Waals surface area contributed by atoms with E-state index in [-0.39, 0.29) is 11.8 Å². The number of piperidine rings is 1. The monoisotopic (exact) mass is 259 g/mol. The summed E-state index contributed by atoms with van der Waals surface area (Å²) in [6, 6.07) is 5.96. The van der Waals surface area contributed by atoms with Gasteiger partial charge in [0.15, 0.2) is 5.65 Å². The van der Waals surface area contributed by atoms with Gasteiger partial charge in [-0.15, -0.1) is 5.10 Å². The van der Waals surface area contributed by atoms with Crippen molar-refractivity contribution in [3.05, 3.63) is 24.0 Å². The Balaban J connectivity index is 1.87. The Bertz CT molecular complexity index is 613. The van der Waals surface area contributed by atoms with Crippen molar-refractivity contribution in [2.24, 2.45) is 11.7 Å². The number of rotatable bonds is 2. The summed E-state index contributed by atoms with van der Waals surface area (Å²) in [5.74, 6) is 1.61. The highest BCUT2D eigenvalue weighted by atomic mass is 16.1. The molecule has 0 spiro atoms. The maximum absolute atomic E-state index is 11.2. The molecule has 0 aromatic carbocycles. The molecular weight excluding hydrogens is 242 g/mol. The predicted molar refractivity (Wildman–Crippen MR) is 71.9 cm³/mol. The van der Waals surface area contributed by atoms with Crippen LogP contribution in [-0.4, -0.2) is 33.6 Å². The second-order valence-electron chi connectivity index (χ2n) is 4.98. The summed E-state index contributed by atoms with van der Waals surface area (Å²) in [6.07, 6.45) is 1.61.